The maximum Gasteiger partial charge on any atom is 0.416 e. The number of alkyl halides is 3. The molecule has 2 N–H and O–H groups in total. The Kier molecular flexibility index (Phi) is 3.78. The molecule has 0 saturated heterocycles. The van der Waals surface area contributed by atoms with Gasteiger partial charge in [0, 0.05) is 25.0 Å². The molecule has 0 radical (unpaired) electrons. The highest BCUT2D eigenvalue weighted by atomic mass is 19.4. The molecular formula is C16H20F3N3. The molecule has 6 heteroatoms. The summed E-state index contributed by atoms with van der Waals surface area (Å²) in [6.45, 7) is 0.612. The number of hydrogen-bond donors (Lipinski definition) is 2. The summed E-state index contributed by atoms with van der Waals surface area (Å²) >= 11 is 0. The van der Waals surface area contributed by atoms with Crippen molar-refractivity contribution >= 4 is 5.96 Å². The number of rotatable bonds is 4. The van der Waals surface area contributed by atoms with Crippen molar-refractivity contribution in [2.75, 3.05) is 13.6 Å². The van der Waals surface area contributed by atoms with Crippen LogP contribution >= 0.6 is 0 Å². The predicted molar refractivity (Wildman–Crippen MR) is 79.9 cm³/mol. The minimum Gasteiger partial charge on any atom is -0.356 e. The fourth-order valence-corrected chi connectivity index (χ4v) is 2.61. The van der Waals surface area contributed by atoms with E-state index in [-0.39, 0.29) is 5.41 Å². The van der Waals surface area contributed by atoms with E-state index in [2.05, 4.69) is 15.6 Å². The first-order valence-electron chi connectivity index (χ1n) is 7.58. The SMILES string of the molecule is CN=C(NCC1(c2cccc(C(F)(F)F)c2)CC1)NC1CC1. The van der Waals surface area contributed by atoms with Crippen molar-refractivity contribution in [1.82, 2.24) is 10.6 Å². The van der Waals surface area contributed by atoms with Crippen molar-refractivity contribution in [2.45, 2.75) is 43.3 Å². The fraction of sp³-hybridized carbons (Fsp3) is 0.562. The molecule has 0 heterocycles. The lowest BCUT2D eigenvalue weighted by Crippen LogP contribution is -2.42. The number of nitrogens with one attached hydrogen (secondary N) is 2. The number of hydrogen-bond acceptors (Lipinski definition) is 1. The molecule has 2 aliphatic carbocycles. The summed E-state index contributed by atoms with van der Waals surface area (Å²) in [4.78, 5) is 4.16. The molecule has 0 unspecified atom stereocenters. The van der Waals surface area contributed by atoms with E-state index in [1.807, 2.05) is 0 Å². The molecule has 2 saturated carbocycles. The molecule has 22 heavy (non-hydrogen) atoms. The summed E-state index contributed by atoms with van der Waals surface area (Å²) in [6, 6.07) is 6.19. The van der Waals surface area contributed by atoms with Crippen molar-refractivity contribution in [3.8, 4) is 0 Å². The van der Waals surface area contributed by atoms with E-state index in [9.17, 15) is 13.2 Å². The molecular weight excluding hydrogens is 291 g/mol. The molecule has 2 aliphatic rings. The van der Waals surface area contributed by atoms with Gasteiger partial charge in [-0.25, -0.2) is 0 Å². The zero-order valence-corrected chi connectivity index (χ0v) is 12.5. The van der Waals surface area contributed by atoms with Crippen LogP contribution in [0, 0.1) is 0 Å². The topological polar surface area (TPSA) is 36.4 Å². The molecule has 0 aliphatic heterocycles. The molecule has 0 aromatic heterocycles. The van der Waals surface area contributed by atoms with Crippen LogP contribution in [-0.4, -0.2) is 25.6 Å². The molecule has 3 nitrogen and oxygen atoms in total. The quantitative estimate of drug-likeness (QED) is 0.662. The lowest BCUT2D eigenvalue weighted by atomic mass is 9.94. The first kappa shape index (κ1) is 15.2. The van der Waals surface area contributed by atoms with Gasteiger partial charge >= 0.3 is 6.18 Å². The lowest BCUT2D eigenvalue weighted by molar-refractivity contribution is -0.137. The maximum absolute atomic E-state index is 12.9. The van der Waals surface area contributed by atoms with Crippen LogP contribution in [0.15, 0.2) is 29.3 Å². The van der Waals surface area contributed by atoms with Crippen molar-refractivity contribution < 1.29 is 13.2 Å². The first-order chi connectivity index (χ1) is 10.4. The van der Waals surface area contributed by atoms with Crippen LogP contribution < -0.4 is 10.6 Å². The van der Waals surface area contributed by atoms with Gasteiger partial charge in [0.05, 0.1) is 5.56 Å². The lowest BCUT2D eigenvalue weighted by Gasteiger charge is -2.20. The van der Waals surface area contributed by atoms with Crippen LogP contribution in [0.5, 0.6) is 0 Å². The van der Waals surface area contributed by atoms with Gasteiger partial charge in [0.15, 0.2) is 5.96 Å². The van der Waals surface area contributed by atoms with Crippen LogP contribution in [0.25, 0.3) is 0 Å². The fourth-order valence-electron chi connectivity index (χ4n) is 2.61. The minimum atomic E-state index is -4.29. The molecule has 1 aromatic carbocycles. The largest absolute Gasteiger partial charge is 0.416 e. The smallest absolute Gasteiger partial charge is 0.356 e. The number of aliphatic imine (C=N–C) groups is 1. The van der Waals surface area contributed by atoms with Crippen LogP contribution in [0.1, 0.15) is 36.8 Å². The highest BCUT2D eigenvalue weighted by Crippen LogP contribution is 2.48. The Morgan fingerprint density at radius 3 is 2.59 bits per heavy atom. The summed E-state index contributed by atoms with van der Waals surface area (Å²) in [6.07, 6.45) is -0.175. The molecule has 0 bridgehead atoms. The molecule has 0 amide bonds. The second-order valence-electron chi connectivity index (χ2n) is 6.20. The first-order valence-corrected chi connectivity index (χ1v) is 7.58. The predicted octanol–water partition coefficient (Wildman–Crippen LogP) is 3.06. The van der Waals surface area contributed by atoms with Crippen molar-refractivity contribution in [3.05, 3.63) is 35.4 Å². The number of nitrogens with zero attached hydrogens (tertiary/aromatic N) is 1. The molecule has 2 fully saturated rings. The van der Waals surface area contributed by atoms with Gasteiger partial charge in [0.25, 0.3) is 0 Å². The number of halogens is 3. The monoisotopic (exact) mass is 311 g/mol. The van der Waals surface area contributed by atoms with E-state index in [0.717, 1.165) is 43.3 Å². The van der Waals surface area contributed by atoms with Gasteiger partial charge in [-0.3, -0.25) is 4.99 Å². The Morgan fingerprint density at radius 2 is 2.05 bits per heavy atom. The van der Waals surface area contributed by atoms with Crippen LogP contribution in [0.4, 0.5) is 13.2 Å². The van der Waals surface area contributed by atoms with Gasteiger partial charge in [-0.05, 0) is 37.3 Å². The van der Waals surface area contributed by atoms with Gasteiger partial charge < -0.3 is 10.6 Å². The van der Waals surface area contributed by atoms with E-state index >= 15 is 0 Å². The Labute approximate surface area is 128 Å². The standard InChI is InChI=1S/C16H20F3N3/c1-20-14(22-13-5-6-13)21-10-15(7-8-15)11-3-2-4-12(9-11)16(17,18)19/h2-4,9,13H,5-8,10H2,1H3,(H2,20,21,22). The Bertz CT molecular complexity index is 572. The van der Waals surface area contributed by atoms with Gasteiger partial charge in [-0.2, -0.15) is 13.2 Å². The van der Waals surface area contributed by atoms with E-state index < -0.39 is 11.7 Å². The highest BCUT2D eigenvalue weighted by molar-refractivity contribution is 5.80. The summed E-state index contributed by atoms with van der Waals surface area (Å²) in [7, 11) is 1.71. The average Bonchev–Trinajstić information content (AvgIpc) is 3.38. The van der Waals surface area contributed by atoms with Crippen molar-refractivity contribution in [3.63, 3.8) is 0 Å². The highest BCUT2D eigenvalue weighted by Gasteiger charge is 2.45. The van der Waals surface area contributed by atoms with Gasteiger partial charge in [0.1, 0.15) is 0 Å². The zero-order valence-electron chi connectivity index (χ0n) is 12.5. The second kappa shape index (κ2) is 5.48. The van der Waals surface area contributed by atoms with Gasteiger partial charge in [-0.1, -0.05) is 18.2 Å². The van der Waals surface area contributed by atoms with E-state index in [4.69, 9.17) is 0 Å². The van der Waals surface area contributed by atoms with Crippen LogP contribution in [0.2, 0.25) is 0 Å². The molecule has 3 rings (SSSR count). The van der Waals surface area contributed by atoms with E-state index in [0.29, 0.717) is 12.6 Å². The Hall–Kier alpha value is -1.72. The minimum absolute atomic E-state index is 0.192. The summed E-state index contributed by atoms with van der Waals surface area (Å²) < 4.78 is 38.6. The second-order valence-corrected chi connectivity index (χ2v) is 6.20. The molecule has 0 spiro atoms. The van der Waals surface area contributed by atoms with E-state index in [1.54, 1.807) is 13.1 Å². The molecule has 1 aromatic rings. The normalized spacial score (nSPS) is 20.6. The summed E-state index contributed by atoms with van der Waals surface area (Å²) in [5.41, 5.74) is -0.00364. The summed E-state index contributed by atoms with van der Waals surface area (Å²) in [5.74, 6) is 0.737. The molecule has 0 atom stereocenters. The third-order valence-corrected chi connectivity index (χ3v) is 4.39. The zero-order chi connectivity index (χ0) is 15.8. The van der Waals surface area contributed by atoms with Crippen LogP contribution in [-0.2, 0) is 11.6 Å². The van der Waals surface area contributed by atoms with Crippen molar-refractivity contribution in [1.29, 1.82) is 0 Å². The summed E-state index contributed by atoms with van der Waals surface area (Å²) in [5, 5.41) is 6.54. The maximum atomic E-state index is 12.9. The third kappa shape index (κ3) is 3.36. The average molecular weight is 311 g/mol. The van der Waals surface area contributed by atoms with E-state index in [1.165, 1.54) is 12.1 Å². The van der Waals surface area contributed by atoms with Crippen molar-refractivity contribution in [2.24, 2.45) is 4.99 Å². The Balaban J connectivity index is 1.68. The Morgan fingerprint density at radius 1 is 1.32 bits per heavy atom. The molecule has 120 valence electrons. The number of guanidine groups is 1. The van der Waals surface area contributed by atoms with Gasteiger partial charge in [0.2, 0.25) is 0 Å². The number of benzene rings is 1. The van der Waals surface area contributed by atoms with Crippen LogP contribution in [0.3, 0.4) is 0 Å². The third-order valence-electron chi connectivity index (χ3n) is 4.39. The van der Waals surface area contributed by atoms with Gasteiger partial charge in [-0.15, -0.1) is 0 Å².